The maximum absolute atomic E-state index is 12.6. The molecule has 1 N–H and O–H groups in total. The molecule has 0 radical (unpaired) electrons. The standard InChI is InChI=1S/C44H78O4/c1-3-5-7-9-11-13-14-15-16-17-18-19-20-21-22-23-24-25-27-33-37-41-44(47)48-42(38-34-30-26-12-10-8-6-4-2)39-35-31-28-29-32-36-40-43(45)46/h6,8,12,17-18,26,34,38,42H,3-5,7,9-11,13-16,19-25,27-33,35-37,39-41H2,1-2H3,(H,45,46)/b8-6-,18-17-,26-12-,38-34-. The lowest BCUT2D eigenvalue weighted by molar-refractivity contribution is -0.147. The van der Waals surface area contributed by atoms with Crippen LogP contribution in [0.2, 0.25) is 0 Å². The maximum atomic E-state index is 12.6. The summed E-state index contributed by atoms with van der Waals surface area (Å²) in [4.78, 5) is 23.3. The fourth-order valence-corrected chi connectivity index (χ4v) is 5.99. The summed E-state index contributed by atoms with van der Waals surface area (Å²) < 4.78 is 5.89. The number of unbranched alkanes of at least 4 members (excludes halogenated alkanes) is 22. The van der Waals surface area contributed by atoms with Crippen molar-refractivity contribution in [3.05, 3.63) is 48.6 Å². The number of carboxylic acids is 1. The molecule has 48 heavy (non-hydrogen) atoms. The van der Waals surface area contributed by atoms with Crippen molar-refractivity contribution in [2.24, 2.45) is 0 Å². The van der Waals surface area contributed by atoms with E-state index in [1.807, 2.05) is 0 Å². The first-order valence-corrected chi connectivity index (χ1v) is 20.6. The van der Waals surface area contributed by atoms with Crippen molar-refractivity contribution in [3.8, 4) is 0 Å². The molecule has 0 heterocycles. The van der Waals surface area contributed by atoms with Crippen LogP contribution in [-0.2, 0) is 14.3 Å². The fourth-order valence-electron chi connectivity index (χ4n) is 5.99. The minimum atomic E-state index is -0.706. The Morgan fingerprint density at radius 2 is 0.938 bits per heavy atom. The van der Waals surface area contributed by atoms with Gasteiger partial charge in [-0.2, -0.15) is 0 Å². The third-order valence-electron chi connectivity index (χ3n) is 9.02. The fraction of sp³-hybridized carbons (Fsp3) is 0.773. The highest BCUT2D eigenvalue weighted by atomic mass is 16.5. The van der Waals surface area contributed by atoms with Gasteiger partial charge in [-0.3, -0.25) is 9.59 Å². The van der Waals surface area contributed by atoms with Gasteiger partial charge < -0.3 is 9.84 Å². The number of carboxylic acid groups (broad SMARTS) is 1. The van der Waals surface area contributed by atoms with Crippen molar-refractivity contribution in [2.45, 2.75) is 219 Å². The summed E-state index contributed by atoms with van der Waals surface area (Å²) in [7, 11) is 0. The van der Waals surface area contributed by atoms with Crippen molar-refractivity contribution in [2.75, 3.05) is 0 Å². The molecule has 0 aliphatic carbocycles. The molecular weight excluding hydrogens is 592 g/mol. The van der Waals surface area contributed by atoms with E-state index in [1.165, 1.54) is 109 Å². The van der Waals surface area contributed by atoms with Gasteiger partial charge in [-0.15, -0.1) is 0 Å². The summed E-state index contributed by atoms with van der Waals surface area (Å²) in [5, 5.41) is 8.77. The van der Waals surface area contributed by atoms with Crippen molar-refractivity contribution >= 4 is 11.9 Å². The molecule has 1 atom stereocenters. The first-order chi connectivity index (χ1) is 23.6. The smallest absolute Gasteiger partial charge is 0.306 e. The lowest BCUT2D eigenvalue weighted by atomic mass is 10.0. The van der Waals surface area contributed by atoms with Gasteiger partial charge in [0.05, 0.1) is 0 Å². The van der Waals surface area contributed by atoms with Crippen molar-refractivity contribution in [1.29, 1.82) is 0 Å². The van der Waals surface area contributed by atoms with Crippen molar-refractivity contribution in [3.63, 3.8) is 0 Å². The highest BCUT2D eigenvalue weighted by molar-refractivity contribution is 5.69. The van der Waals surface area contributed by atoms with Gasteiger partial charge in [0.25, 0.3) is 0 Å². The summed E-state index contributed by atoms with van der Waals surface area (Å²) in [5.41, 5.74) is 0. The Kier molecular flexibility index (Phi) is 37.6. The molecule has 1 unspecified atom stereocenters. The molecule has 4 nitrogen and oxygen atoms in total. The van der Waals surface area contributed by atoms with E-state index < -0.39 is 5.97 Å². The molecule has 0 saturated carbocycles. The molecule has 0 saturated heterocycles. The number of ether oxygens (including phenoxy) is 1. The van der Waals surface area contributed by atoms with Crippen LogP contribution in [0.4, 0.5) is 0 Å². The number of allylic oxidation sites excluding steroid dienone is 7. The Balaban J connectivity index is 3.94. The highest BCUT2D eigenvalue weighted by Crippen LogP contribution is 2.16. The van der Waals surface area contributed by atoms with Crippen LogP contribution in [0, 0.1) is 0 Å². The molecule has 0 aromatic rings. The van der Waals surface area contributed by atoms with Gasteiger partial charge in [0.15, 0.2) is 0 Å². The highest BCUT2D eigenvalue weighted by Gasteiger charge is 2.11. The zero-order chi connectivity index (χ0) is 35.0. The van der Waals surface area contributed by atoms with E-state index in [4.69, 9.17) is 9.84 Å². The van der Waals surface area contributed by atoms with Crippen LogP contribution in [0.1, 0.15) is 213 Å². The number of hydrogen-bond donors (Lipinski definition) is 1. The van der Waals surface area contributed by atoms with Gasteiger partial charge in [-0.1, -0.05) is 172 Å². The van der Waals surface area contributed by atoms with E-state index in [0.717, 1.165) is 77.0 Å². The topological polar surface area (TPSA) is 63.6 Å². The Labute approximate surface area is 298 Å². The van der Waals surface area contributed by atoms with E-state index in [9.17, 15) is 9.59 Å². The largest absolute Gasteiger partial charge is 0.481 e. The Morgan fingerprint density at radius 3 is 1.46 bits per heavy atom. The number of carbonyl (C=O) groups excluding carboxylic acids is 1. The number of aliphatic carboxylic acids is 1. The minimum absolute atomic E-state index is 0.0644. The van der Waals surface area contributed by atoms with E-state index in [1.54, 1.807) is 0 Å². The van der Waals surface area contributed by atoms with Crippen LogP contribution in [0.25, 0.3) is 0 Å². The molecule has 0 spiro atoms. The molecule has 0 bridgehead atoms. The van der Waals surface area contributed by atoms with Crippen LogP contribution < -0.4 is 0 Å². The normalized spacial score (nSPS) is 12.7. The average Bonchev–Trinajstić information content (AvgIpc) is 3.07. The van der Waals surface area contributed by atoms with Crippen molar-refractivity contribution < 1.29 is 19.4 Å². The third kappa shape index (κ3) is 38.3. The maximum Gasteiger partial charge on any atom is 0.306 e. The van der Waals surface area contributed by atoms with Crippen LogP contribution in [0.15, 0.2) is 48.6 Å². The zero-order valence-electron chi connectivity index (χ0n) is 31.8. The molecule has 0 fully saturated rings. The van der Waals surface area contributed by atoms with Gasteiger partial charge in [0, 0.05) is 12.8 Å². The van der Waals surface area contributed by atoms with Gasteiger partial charge in [0.1, 0.15) is 6.10 Å². The van der Waals surface area contributed by atoms with E-state index in [-0.39, 0.29) is 18.5 Å². The first kappa shape index (κ1) is 45.9. The zero-order valence-corrected chi connectivity index (χ0v) is 31.8. The molecule has 0 aromatic carbocycles. The number of carbonyl (C=O) groups is 2. The summed E-state index contributed by atoms with van der Waals surface area (Å²) >= 11 is 0. The van der Waals surface area contributed by atoms with Gasteiger partial charge in [0.2, 0.25) is 0 Å². The Morgan fingerprint density at radius 1 is 0.500 bits per heavy atom. The summed E-state index contributed by atoms with van der Waals surface area (Å²) in [6.07, 6.45) is 53.1. The second-order valence-corrected chi connectivity index (χ2v) is 13.8. The predicted molar refractivity (Wildman–Crippen MR) is 209 cm³/mol. The second kappa shape index (κ2) is 39.3. The average molecular weight is 671 g/mol. The number of hydrogen-bond acceptors (Lipinski definition) is 3. The van der Waals surface area contributed by atoms with E-state index in [0.29, 0.717) is 6.42 Å². The predicted octanol–water partition coefficient (Wildman–Crippen LogP) is 14.3. The first-order valence-electron chi connectivity index (χ1n) is 20.6. The van der Waals surface area contributed by atoms with Gasteiger partial charge in [-0.05, 0) is 76.7 Å². The SMILES string of the molecule is CC/C=C\C/C=C\C/C=C\C(CCCCCCCCC(=O)O)OC(=O)CCCCCCCCCCC/C=C\CCCCCCCCCC. The van der Waals surface area contributed by atoms with Crippen molar-refractivity contribution in [1.82, 2.24) is 0 Å². The number of esters is 1. The summed E-state index contributed by atoms with van der Waals surface area (Å²) in [5.74, 6) is -0.770. The molecule has 0 aliphatic rings. The quantitative estimate of drug-likeness (QED) is 0.0406. The van der Waals surface area contributed by atoms with E-state index >= 15 is 0 Å². The van der Waals surface area contributed by atoms with Crippen LogP contribution >= 0.6 is 0 Å². The van der Waals surface area contributed by atoms with Crippen LogP contribution in [0.5, 0.6) is 0 Å². The number of rotatable bonds is 37. The third-order valence-corrected chi connectivity index (χ3v) is 9.02. The van der Waals surface area contributed by atoms with E-state index in [2.05, 4.69) is 62.5 Å². The monoisotopic (exact) mass is 671 g/mol. The van der Waals surface area contributed by atoms with Gasteiger partial charge >= 0.3 is 11.9 Å². The summed E-state index contributed by atoms with van der Waals surface area (Å²) in [6.45, 7) is 4.43. The minimum Gasteiger partial charge on any atom is -0.481 e. The summed E-state index contributed by atoms with van der Waals surface area (Å²) in [6, 6.07) is 0. The molecule has 4 heteroatoms. The van der Waals surface area contributed by atoms with Crippen LogP contribution in [-0.4, -0.2) is 23.1 Å². The van der Waals surface area contributed by atoms with Gasteiger partial charge in [-0.25, -0.2) is 0 Å². The molecular formula is C44H78O4. The molecule has 0 aliphatic heterocycles. The molecule has 278 valence electrons. The Bertz CT molecular complexity index is 809. The second-order valence-electron chi connectivity index (χ2n) is 13.8. The van der Waals surface area contributed by atoms with Crippen LogP contribution in [0.3, 0.4) is 0 Å². The lowest BCUT2D eigenvalue weighted by Crippen LogP contribution is -2.16. The molecule has 0 aromatic heterocycles. The molecule has 0 rings (SSSR count). The molecule has 0 amide bonds. The lowest BCUT2D eigenvalue weighted by Gasteiger charge is -2.14. The Hall–Kier alpha value is -2.10.